The van der Waals surface area contributed by atoms with Crippen LogP contribution in [0.2, 0.25) is 0 Å². The van der Waals surface area contributed by atoms with Crippen molar-refractivity contribution in [3.63, 3.8) is 0 Å². The minimum atomic E-state index is -2.26. The highest BCUT2D eigenvalue weighted by molar-refractivity contribution is 5.93. The Morgan fingerprint density at radius 3 is 0.832 bits per heavy atom. The number of hydrogen-bond acceptors (Lipinski definition) is 27. The summed E-state index contributed by atoms with van der Waals surface area (Å²) in [6.45, 7) is -2.70. The summed E-state index contributed by atoms with van der Waals surface area (Å²) in [5.74, 6) is -7.16. The van der Waals surface area contributed by atoms with Crippen LogP contribution in [0.15, 0.2) is 394 Å². The molecule has 28 nitrogen and oxygen atoms in total. The number of carbonyl (C=O) groups is 8. The highest BCUT2D eigenvalue weighted by atomic mass is 16.8. The summed E-state index contributed by atoms with van der Waals surface area (Å²) in [4.78, 5) is 124. The lowest BCUT2D eigenvalue weighted by Crippen LogP contribution is -2.69. The van der Waals surface area contributed by atoms with Crippen LogP contribution >= 0.6 is 0 Å². The normalized spacial score (nSPS) is 22.9. The zero-order chi connectivity index (χ0) is 98.3. The van der Waals surface area contributed by atoms with E-state index in [1.54, 1.807) is 127 Å². The number of rotatable bonds is 41. The van der Waals surface area contributed by atoms with Gasteiger partial charge in [0.15, 0.2) is 49.4 Å². The maximum atomic E-state index is 16.0. The van der Waals surface area contributed by atoms with Crippen LogP contribution in [0.25, 0.3) is 0 Å². The summed E-state index contributed by atoms with van der Waals surface area (Å²) in [6, 6.07) is 110. The number of nitrogens with zero attached hydrogens (tertiary/aromatic N) is 1. The first-order chi connectivity index (χ1) is 70.2. The molecule has 13 aromatic rings. The second-order valence-electron chi connectivity index (χ2n) is 34.2. The van der Waals surface area contributed by atoms with E-state index in [9.17, 15) is 4.79 Å². The molecular formula is C115H105NO27. The van der Waals surface area contributed by atoms with Gasteiger partial charge < -0.3 is 90.0 Å². The molecule has 0 aliphatic carbocycles. The molecule has 143 heavy (non-hydrogen) atoms. The number of likely N-dealkylation sites (tertiary alicyclic amines) is 1. The smallest absolute Gasteiger partial charge is 0.410 e. The summed E-state index contributed by atoms with van der Waals surface area (Å²) in [5.41, 5.74) is 4.33. The molecule has 732 valence electrons. The third-order valence-corrected chi connectivity index (χ3v) is 24.3. The Kier molecular flexibility index (Phi) is 35.1. The molecule has 1 amide bonds. The fourth-order valence-corrected chi connectivity index (χ4v) is 17.1. The van der Waals surface area contributed by atoms with Crippen LogP contribution in [0, 0.1) is 0 Å². The van der Waals surface area contributed by atoms with Crippen LogP contribution in [0.4, 0.5) is 4.79 Å². The molecule has 4 heterocycles. The number of carbonyl (C=O) groups excluding carboxylic acids is 8. The van der Waals surface area contributed by atoms with Crippen LogP contribution in [0.3, 0.4) is 0 Å². The van der Waals surface area contributed by atoms with Gasteiger partial charge in [-0.15, -0.1) is 0 Å². The largest absolute Gasteiger partial charge is 0.459 e. The van der Waals surface area contributed by atoms with Crippen molar-refractivity contribution in [1.29, 1.82) is 0 Å². The third kappa shape index (κ3) is 27.0. The summed E-state index contributed by atoms with van der Waals surface area (Å²) in [6.07, 6.45) is -31.3. The first-order valence-corrected chi connectivity index (χ1v) is 47.1. The SMILES string of the molecule is O=C(OC[C@H]1O[C@@H](O[C@H]2[C@H](OC(=O)c3ccccc3)[C@@H](OC(=O)c3ccccc3)[C@H](O[C@H]3[C@H](OCc4ccccc4)[C@@H](OCc4ccccc4)[C@@H](O[C@@H]4[C@@H](COCc5ccccc5)N(C(=O)OCc5ccccc5)C[C@H]4OCc4ccccc4)O[C@@H]3COCc3ccccc3)O[C@@H]2COC(=O)c2ccccc2)[C@H](OC(=O)c2ccccc2)[C@@H](OC(=O)c2ccccc2)[C@@H]1OC(=O)c1ccccc1)c1ccccc1. The van der Waals surface area contributed by atoms with Gasteiger partial charge in [-0.05, 0) is 118 Å². The van der Waals surface area contributed by atoms with Gasteiger partial charge in [0.25, 0.3) is 0 Å². The van der Waals surface area contributed by atoms with Crippen molar-refractivity contribution in [2.24, 2.45) is 0 Å². The maximum absolute atomic E-state index is 16.0. The number of amides is 1. The molecule has 18 atom stereocenters. The van der Waals surface area contributed by atoms with Gasteiger partial charge in [-0.25, -0.2) is 38.4 Å². The van der Waals surface area contributed by atoms with E-state index in [-0.39, 0.29) is 91.7 Å². The van der Waals surface area contributed by atoms with Gasteiger partial charge in [-0.1, -0.05) is 309 Å². The van der Waals surface area contributed by atoms with Gasteiger partial charge in [-0.3, -0.25) is 4.90 Å². The zero-order valence-corrected chi connectivity index (χ0v) is 77.7. The molecule has 0 radical (unpaired) electrons. The molecule has 0 aromatic heterocycles. The highest BCUT2D eigenvalue weighted by Crippen LogP contribution is 2.42. The number of benzene rings is 13. The predicted molar refractivity (Wildman–Crippen MR) is 517 cm³/mol. The van der Waals surface area contributed by atoms with E-state index in [0.29, 0.717) is 11.1 Å². The molecule has 0 N–H and O–H groups in total. The molecule has 0 unspecified atom stereocenters. The van der Waals surface area contributed by atoms with Crippen LogP contribution < -0.4 is 0 Å². The standard InChI is InChI=1S/C115H105NO27/c117-105(83-52-26-7-27-53-83)130-75-93-97(136-107(119)85-56-30-9-31-57-85)100(137-108(120)86-58-32-10-33-59-86)103(139-110(122)88-62-36-12-37-63-88)114(134-93)143-98-94(76-131-106(118)84-54-28-8-29-55-84)135-113(104(140-111(123)89-64-38-13-39-65-89)101(98)138-109(121)87-60-34-11-35-61-87)142-96-92(74-126-68-78-42-16-2-17-43-78)133-112(102(129-71-81-48-22-5-23-49-81)99(96)128-70-80-46-20-4-21-47-80)141-95-90(73-125-67-77-40-14-1-15-41-77)116(115(124)132-72-82-50-24-6-25-51-82)66-91(95)127-69-79-44-18-3-19-45-79/h1-65,90-104,112-114H,66-76H2/t90-,91-,92-,93-,94-,95-,96-,97-,98-,99+,100+,101+,102-,103-,104-,112-,113+,114+/m1/s1. The monoisotopic (exact) mass is 1930 g/mol. The Morgan fingerprint density at radius 1 is 0.224 bits per heavy atom. The quantitative estimate of drug-likeness (QED) is 0.0254. The molecule has 17 rings (SSSR count). The van der Waals surface area contributed by atoms with E-state index in [0.717, 1.165) is 22.3 Å². The lowest BCUT2D eigenvalue weighted by atomic mass is 9.94. The lowest BCUT2D eigenvalue weighted by molar-refractivity contribution is -0.385. The average molecular weight is 1930 g/mol. The van der Waals surface area contributed by atoms with Crippen molar-refractivity contribution in [1.82, 2.24) is 4.90 Å². The molecule has 4 aliphatic rings. The Hall–Kier alpha value is -15.0. The molecule has 4 saturated heterocycles. The van der Waals surface area contributed by atoms with E-state index in [1.165, 1.54) is 89.8 Å². The molecule has 0 saturated carbocycles. The molecule has 4 fully saturated rings. The summed E-state index contributed by atoms with van der Waals surface area (Å²) in [5, 5.41) is 0. The van der Waals surface area contributed by atoms with E-state index in [1.807, 2.05) is 182 Å². The van der Waals surface area contributed by atoms with Crippen molar-refractivity contribution < 1.29 is 128 Å². The maximum Gasteiger partial charge on any atom is 0.410 e. The Balaban J connectivity index is 0.836. The van der Waals surface area contributed by atoms with E-state index >= 15 is 33.6 Å². The Labute approximate surface area is 826 Å². The van der Waals surface area contributed by atoms with Crippen LogP contribution in [-0.4, -0.2) is 196 Å². The van der Waals surface area contributed by atoms with Gasteiger partial charge in [0.05, 0.1) is 97.8 Å². The van der Waals surface area contributed by atoms with Crippen molar-refractivity contribution in [2.45, 2.75) is 150 Å². The average Bonchev–Trinajstić information content (AvgIpc) is 1.33. The van der Waals surface area contributed by atoms with E-state index in [2.05, 4.69) is 0 Å². The highest BCUT2D eigenvalue weighted by Gasteiger charge is 2.61. The fourth-order valence-electron chi connectivity index (χ4n) is 17.1. The van der Waals surface area contributed by atoms with Gasteiger partial charge in [0.1, 0.15) is 74.8 Å². The molecule has 13 aromatic carbocycles. The van der Waals surface area contributed by atoms with Crippen LogP contribution in [0.1, 0.15) is 106 Å². The summed E-state index contributed by atoms with van der Waals surface area (Å²) in [7, 11) is 0. The molecule has 0 bridgehead atoms. The molecule has 28 heteroatoms. The van der Waals surface area contributed by atoms with Gasteiger partial charge >= 0.3 is 47.9 Å². The second kappa shape index (κ2) is 50.4. The number of esters is 7. The number of hydrogen-bond donors (Lipinski definition) is 0. The zero-order valence-electron chi connectivity index (χ0n) is 77.7. The predicted octanol–water partition coefficient (Wildman–Crippen LogP) is 17.4. The minimum absolute atomic E-state index is 0.00727. The first kappa shape index (κ1) is 99.5. The van der Waals surface area contributed by atoms with Crippen molar-refractivity contribution in [3.8, 4) is 0 Å². The van der Waals surface area contributed by atoms with Crippen molar-refractivity contribution >= 4 is 47.9 Å². The van der Waals surface area contributed by atoms with Gasteiger partial charge in [-0.2, -0.15) is 0 Å². The Bertz CT molecular complexity index is 6190. The van der Waals surface area contributed by atoms with E-state index in [4.69, 9.17) is 90.0 Å². The summed E-state index contributed by atoms with van der Waals surface area (Å²) < 4.78 is 133. The topological polar surface area (TPSA) is 315 Å². The van der Waals surface area contributed by atoms with E-state index < -0.39 is 178 Å². The van der Waals surface area contributed by atoms with Crippen molar-refractivity contribution in [2.75, 3.05) is 33.0 Å². The van der Waals surface area contributed by atoms with Gasteiger partial charge in [0, 0.05) is 0 Å². The lowest BCUT2D eigenvalue weighted by Gasteiger charge is -2.51. The fraction of sp³-hybridized carbons (Fsp3) is 0.252. The van der Waals surface area contributed by atoms with Crippen LogP contribution in [0.5, 0.6) is 0 Å². The molecule has 4 aliphatic heterocycles. The second-order valence-corrected chi connectivity index (χ2v) is 34.2. The minimum Gasteiger partial charge on any atom is -0.459 e. The van der Waals surface area contributed by atoms with Crippen LogP contribution in [-0.2, 0) is 130 Å². The Morgan fingerprint density at radius 2 is 0.476 bits per heavy atom. The molecule has 0 spiro atoms. The molecular weight excluding hydrogens is 1830 g/mol. The first-order valence-electron chi connectivity index (χ1n) is 47.1. The summed E-state index contributed by atoms with van der Waals surface area (Å²) >= 11 is 0. The van der Waals surface area contributed by atoms with Crippen molar-refractivity contribution in [3.05, 3.63) is 467 Å². The third-order valence-electron chi connectivity index (χ3n) is 24.3. The number of ether oxygens (including phenoxy) is 19. The van der Waals surface area contributed by atoms with Gasteiger partial charge in [0.2, 0.25) is 0 Å².